The van der Waals surface area contributed by atoms with Gasteiger partial charge in [0.1, 0.15) is 25.3 Å². The molecule has 0 unspecified atom stereocenters. The zero-order valence-corrected chi connectivity index (χ0v) is 33.0. The molecule has 0 aromatic carbocycles. The van der Waals surface area contributed by atoms with Crippen molar-refractivity contribution in [3.63, 3.8) is 0 Å². The van der Waals surface area contributed by atoms with Gasteiger partial charge in [-0.3, -0.25) is 14.4 Å². The van der Waals surface area contributed by atoms with E-state index in [9.17, 15) is 14.4 Å². The molecule has 0 radical (unpaired) electrons. The third-order valence-corrected chi connectivity index (χ3v) is 14.7. The molecule has 0 aliphatic heterocycles. The second kappa shape index (κ2) is 17.9. The van der Waals surface area contributed by atoms with E-state index in [0.29, 0.717) is 54.8 Å². The summed E-state index contributed by atoms with van der Waals surface area (Å²) in [6.45, 7) is 9.06. The van der Waals surface area contributed by atoms with E-state index in [2.05, 4.69) is 54.7 Å². The maximum absolute atomic E-state index is 13.7. The quantitative estimate of drug-likeness (QED) is 0.0754. The van der Waals surface area contributed by atoms with Gasteiger partial charge in [0.25, 0.3) is 0 Å². The topological polar surface area (TPSA) is 86.7 Å². The minimum Gasteiger partial charge on any atom is -0.469 e. The summed E-state index contributed by atoms with van der Waals surface area (Å²) in [5.41, 5.74) is 0.0351. The molecule has 0 bridgehead atoms. The molecular formula is C45H66N2O6+2. The number of fused-ring (bicyclic) bond motifs is 5. The van der Waals surface area contributed by atoms with Gasteiger partial charge in [-0.05, 0) is 112 Å². The van der Waals surface area contributed by atoms with Crippen LogP contribution in [0.4, 0.5) is 0 Å². The summed E-state index contributed by atoms with van der Waals surface area (Å²) < 4.78 is 22.2. The maximum atomic E-state index is 13.7. The molecule has 4 fully saturated rings. The standard InChI is InChI=1S/C45H66N2O6/c1-33(17-22-41(48)51-4)37-20-21-38-36-19-18-34-31-35(52-42(49)15-7-13-29-46-25-9-5-10-26-46)23-24-44(34,2)39(36)32-40(45(37,38)3)53-43(50)16-8-14-30-47-27-11-6-12-28-47/h5-6,9-12,25-28,33-40H,7-8,13-24,29-32H2,1-4H3/q+2/t33-,34-,35-,36+,37-,38+,39+,40+,44+,45-/m1/s1. The Balaban J connectivity index is 1.09. The molecule has 2 aromatic rings. The van der Waals surface area contributed by atoms with E-state index in [1.807, 2.05) is 36.4 Å². The fourth-order valence-electron chi connectivity index (χ4n) is 11.8. The van der Waals surface area contributed by atoms with Crippen LogP contribution in [-0.4, -0.2) is 37.2 Å². The van der Waals surface area contributed by atoms with Crippen molar-refractivity contribution < 1.29 is 37.7 Å². The fraction of sp³-hybridized carbons (Fsp3) is 0.711. The molecule has 0 saturated heterocycles. The van der Waals surface area contributed by atoms with Gasteiger partial charge in [-0.15, -0.1) is 0 Å². The molecule has 2 heterocycles. The molecule has 290 valence electrons. The second-order valence-corrected chi connectivity index (χ2v) is 17.5. The first-order valence-electron chi connectivity index (χ1n) is 21.0. The molecule has 4 aliphatic rings. The number of ether oxygens (including phenoxy) is 3. The fourth-order valence-corrected chi connectivity index (χ4v) is 11.8. The lowest BCUT2D eigenvalue weighted by Gasteiger charge is -2.62. The van der Waals surface area contributed by atoms with Crippen LogP contribution in [0.5, 0.6) is 0 Å². The van der Waals surface area contributed by atoms with Gasteiger partial charge in [0.15, 0.2) is 24.8 Å². The Bertz CT molecular complexity index is 1500. The molecule has 0 amide bonds. The minimum atomic E-state index is -0.147. The molecule has 53 heavy (non-hydrogen) atoms. The van der Waals surface area contributed by atoms with E-state index >= 15 is 0 Å². The van der Waals surface area contributed by atoms with E-state index < -0.39 is 0 Å². The predicted molar refractivity (Wildman–Crippen MR) is 202 cm³/mol. The number of rotatable bonds is 16. The Morgan fingerprint density at radius 1 is 0.698 bits per heavy atom. The normalized spacial score (nSPS) is 32.4. The van der Waals surface area contributed by atoms with Gasteiger partial charge in [-0.25, -0.2) is 9.13 Å². The Labute approximate surface area is 318 Å². The van der Waals surface area contributed by atoms with Crippen LogP contribution in [0.15, 0.2) is 61.2 Å². The van der Waals surface area contributed by atoms with Crippen LogP contribution in [-0.2, 0) is 41.7 Å². The summed E-state index contributed by atoms with van der Waals surface area (Å²) >= 11 is 0. The molecule has 4 saturated carbocycles. The van der Waals surface area contributed by atoms with Crippen LogP contribution in [0.1, 0.15) is 124 Å². The Hall–Kier alpha value is -3.29. The van der Waals surface area contributed by atoms with Crippen LogP contribution in [0, 0.1) is 46.3 Å². The summed E-state index contributed by atoms with van der Waals surface area (Å²) in [5, 5.41) is 0. The highest BCUT2D eigenvalue weighted by atomic mass is 16.5. The maximum Gasteiger partial charge on any atom is 0.306 e. The third kappa shape index (κ3) is 9.16. The van der Waals surface area contributed by atoms with Crippen LogP contribution >= 0.6 is 0 Å². The number of hydrogen-bond donors (Lipinski definition) is 0. The molecular weight excluding hydrogens is 665 g/mol. The highest BCUT2D eigenvalue weighted by molar-refractivity contribution is 5.70. The average Bonchev–Trinajstić information content (AvgIpc) is 3.53. The summed E-state index contributed by atoms with van der Waals surface area (Å²) in [5.74, 6) is 2.60. The van der Waals surface area contributed by atoms with Crippen LogP contribution < -0.4 is 9.13 Å². The van der Waals surface area contributed by atoms with Gasteiger partial charge in [0, 0.05) is 61.8 Å². The molecule has 8 heteroatoms. The van der Waals surface area contributed by atoms with Crippen molar-refractivity contribution in [3.05, 3.63) is 61.2 Å². The molecule has 6 rings (SSSR count). The highest BCUT2D eigenvalue weighted by Crippen LogP contribution is 2.69. The number of unbranched alkanes of at least 4 members (excludes halogenated alkanes) is 2. The number of pyridine rings is 2. The number of carbonyl (C=O) groups excluding carboxylic acids is 3. The number of carbonyl (C=O) groups is 3. The first-order chi connectivity index (χ1) is 25.6. The summed E-state index contributed by atoms with van der Waals surface area (Å²) in [7, 11) is 1.47. The minimum absolute atomic E-state index is 0.00340. The van der Waals surface area contributed by atoms with Gasteiger partial charge >= 0.3 is 17.9 Å². The van der Waals surface area contributed by atoms with Gasteiger partial charge in [0.05, 0.1) is 7.11 Å². The summed E-state index contributed by atoms with van der Waals surface area (Å²) in [6.07, 6.45) is 22.4. The first-order valence-corrected chi connectivity index (χ1v) is 21.0. The van der Waals surface area contributed by atoms with Gasteiger partial charge < -0.3 is 14.2 Å². The Morgan fingerprint density at radius 3 is 1.94 bits per heavy atom. The van der Waals surface area contributed by atoms with E-state index in [1.165, 1.54) is 20.0 Å². The predicted octanol–water partition coefficient (Wildman–Crippen LogP) is 7.98. The van der Waals surface area contributed by atoms with Crippen molar-refractivity contribution in [2.45, 2.75) is 149 Å². The highest BCUT2D eigenvalue weighted by Gasteiger charge is 2.65. The van der Waals surface area contributed by atoms with Gasteiger partial charge in [-0.2, -0.15) is 0 Å². The summed E-state index contributed by atoms with van der Waals surface area (Å²) in [4.78, 5) is 38.8. The van der Waals surface area contributed by atoms with Crippen molar-refractivity contribution in [2.75, 3.05) is 7.11 Å². The zero-order chi connectivity index (χ0) is 37.4. The number of methoxy groups -OCH3 is 1. The lowest BCUT2D eigenvalue weighted by molar-refractivity contribution is -0.697. The molecule has 10 atom stereocenters. The lowest BCUT2D eigenvalue weighted by Crippen LogP contribution is -2.59. The summed E-state index contributed by atoms with van der Waals surface area (Å²) in [6, 6.07) is 12.2. The van der Waals surface area contributed by atoms with E-state index in [4.69, 9.17) is 14.2 Å². The zero-order valence-electron chi connectivity index (χ0n) is 33.0. The van der Waals surface area contributed by atoms with Crippen molar-refractivity contribution in [1.29, 1.82) is 0 Å². The largest absolute Gasteiger partial charge is 0.469 e. The average molecular weight is 731 g/mol. The molecule has 0 N–H and O–H groups in total. The van der Waals surface area contributed by atoms with Crippen LogP contribution in [0.2, 0.25) is 0 Å². The van der Waals surface area contributed by atoms with Crippen molar-refractivity contribution >= 4 is 17.9 Å². The first kappa shape index (κ1) is 39.4. The molecule has 8 nitrogen and oxygen atoms in total. The molecule has 0 spiro atoms. The Morgan fingerprint density at radius 2 is 1.32 bits per heavy atom. The van der Waals surface area contributed by atoms with Crippen molar-refractivity contribution in [1.82, 2.24) is 0 Å². The van der Waals surface area contributed by atoms with Gasteiger partial charge in [-0.1, -0.05) is 32.9 Å². The second-order valence-electron chi connectivity index (χ2n) is 17.5. The third-order valence-electron chi connectivity index (χ3n) is 14.7. The van der Waals surface area contributed by atoms with Crippen LogP contribution in [0.3, 0.4) is 0 Å². The van der Waals surface area contributed by atoms with Crippen LogP contribution in [0.25, 0.3) is 0 Å². The van der Waals surface area contributed by atoms with Gasteiger partial charge in [0.2, 0.25) is 0 Å². The SMILES string of the molecule is COC(=O)CC[C@@H](C)[C@H]1CC[C@H]2[C@@H]3CC[C@@H]4C[C@H](OC(=O)CCCC[n+]5ccccc5)CC[C@]4(C)[C@H]3C[C@H](OC(=O)CCCC[n+]3ccccc3)[C@]12C. The number of hydrogen-bond acceptors (Lipinski definition) is 6. The van der Waals surface area contributed by atoms with Crippen molar-refractivity contribution in [2.24, 2.45) is 46.3 Å². The monoisotopic (exact) mass is 730 g/mol. The number of aromatic nitrogens is 2. The Kier molecular flexibility index (Phi) is 13.3. The van der Waals surface area contributed by atoms with Crippen molar-refractivity contribution in [3.8, 4) is 0 Å². The molecule has 4 aliphatic carbocycles. The lowest BCUT2D eigenvalue weighted by atomic mass is 9.43. The van der Waals surface area contributed by atoms with E-state index in [1.54, 1.807) is 0 Å². The van der Waals surface area contributed by atoms with E-state index in [-0.39, 0.29) is 40.9 Å². The van der Waals surface area contributed by atoms with E-state index in [0.717, 1.165) is 83.7 Å². The smallest absolute Gasteiger partial charge is 0.306 e. The number of aryl methyl sites for hydroxylation is 2. The number of nitrogens with zero attached hydrogens (tertiary/aromatic N) is 2. The number of esters is 3. The molecule has 2 aromatic heterocycles.